The zero-order valence-corrected chi connectivity index (χ0v) is 15.7. The third-order valence-corrected chi connectivity index (χ3v) is 4.14. The van der Waals surface area contributed by atoms with Crippen LogP contribution in [0.3, 0.4) is 0 Å². The second-order valence-electron chi connectivity index (χ2n) is 5.82. The van der Waals surface area contributed by atoms with Crippen LogP contribution in [0.1, 0.15) is 19.4 Å². The number of ether oxygens (including phenoxy) is 1. The zero-order chi connectivity index (χ0) is 18.9. The lowest BCUT2D eigenvalue weighted by molar-refractivity contribution is -0.142. The predicted octanol–water partition coefficient (Wildman–Crippen LogP) is 3.27. The Bertz CT molecular complexity index is 720. The molecule has 0 radical (unpaired) electrons. The summed E-state index contributed by atoms with van der Waals surface area (Å²) in [6.07, 6.45) is 0. The number of nitrogens with zero attached hydrogens (tertiary/aromatic N) is 1. The van der Waals surface area contributed by atoms with E-state index in [0.717, 1.165) is 5.56 Å². The molecule has 0 aromatic heterocycles. The molecule has 1 atom stereocenters. The number of amides is 2. The minimum absolute atomic E-state index is 0.155. The zero-order valence-electron chi connectivity index (χ0n) is 14.9. The summed E-state index contributed by atoms with van der Waals surface area (Å²) in [4.78, 5) is 26.5. The molecule has 26 heavy (non-hydrogen) atoms. The van der Waals surface area contributed by atoms with Gasteiger partial charge in [0.25, 0.3) is 5.91 Å². The predicted molar refractivity (Wildman–Crippen MR) is 102 cm³/mol. The van der Waals surface area contributed by atoms with Crippen molar-refractivity contribution in [1.82, 2.24) is 10.2 Å². The molecular formula is C20H23ClN2O3. The van der Waals surface area contributed by atoms with Gasteiger partial charge >= 0.3 is 0 Å². The summed E-state index contributed by atoms with van der Waals surface area (Å²) < 4.78 is 5.55. The second-order valence-corrected chi connectivity index (χ2v) is 6.26. The van der Waals surface area contributed by atoms with E-state index in [9.17, 15) is 9.59 Å². The maximum absolute atomic E-state index is 12.7. The second kappa shape index (κ2) is 9.82. The SMILES string of the molecule is CCNC(=O)[C@@H](C)N(Cc1ccccc1)C(=O)COc1ccc(Cl)cc1. The molecule has 0 saturated carbocycles. The summed E-state index contributed by atoms with van der Waals surface area (Å²) >= 11 is 5.85. The van der Waals surface area contributed by atoms with E-state index in [-0.39, 0.29) is 18.4 Å². The maximum atomic E-state index is 12.7. The van der Waals surface area contributed by atoms with Gasteiger partial charge in [0.2, 0.25) is 5.91 Å². The molecular weight excluding hydrogens is 352 g/mol. The Labute approximate surface area is 158 Å². The average molecular weight is 375 g/mol. The Morgan fingerprint density at radius 1 is 1.12 bits per heavy atom. The van der Waals surface area contributed by atoms with Gasteiger partial charge in [0.05, 0.1) is 0 Å². The lowest BCUT2D eigenvalue weighted by Gasteiger charge is -2.28. The summed E-state index contributed by atoms with van der Waals surface area (Å²) in [5, 5.41) is 3.35. The molecule has 1 N–H and O–H groups in total. The van der Waals surface area contributed by atoms with Crippen molar-refractivity contribution in [3.63, 3.8) is 0 Å². The van der Waals surface area contributed by atoms with Gasteiger partial charge in [0.15, 0.2) is 6.61 Å². The molecule has 138 valence electrons. The van der Waals surface area contributed by atoms with E-state index in [2.05, 4.69) is 5.32 Å². The molecule has 0 spiro atoms. The number of carbonyl (C=O) groups is 2. The number of halogens is 1. The number of nitrogens with one attached hydrogen (secondary N) is 1. The van der Waals surface area contributed by atoms with Gasteiger partial charge in [0.1, 0.15) is 11.8 Å². The van der Waals surface area contributed by atoms with E-state index in [1.165, 1.54) is 4.90 Å². The highest BCUT2D eigenvalue weighted by atomic mass is 35.5. The standard InChI is InChI=1S/C20H23ClN2O3/c1-3-22-20(25)15(2)23(13-16-7-5-4-6-8-16)19(24)14-26-18-11-9-17(21)10-12-18/h4-12,15H,3,13-14H2,1-2H3,(H,22,25)/t15-/m1/s1. The molecule has 0 aliphatic rings. The molecule has 0 saturated heterocycles. The smallest absolute Gasteiger partial charge is 0.261 e. The highest BCUT2D eigenvalue weighted by Gasteiger charge is 2.26. The van der Waals surface area contributed by atoms with Crippen molar-refractivity contribution in [3.8, 4) is 5.75 Å². The highest BCUT2D eigenvalue weighted by Crippen LogP contribution is 2.16. The van der Waals surface area contributed by atoms with Gasteiger partial charge in [-0.2, -0.15) is 0 Å². The van der Waals surface area contributed by atoms with Crippen LogP contribution < -0.4 is 10.1 Å². The van der Waals surface area contributed by atoms with E-state index >= 15 is 0 Å². The number of benzene rings is 2. The summed E-state index contributed by atoms with van der Waals surface area (Å²) in [6.45, 7) is 4.25. The van der Waals surface area contributed by atoms with Crippen molar-refractivity contribution in [3.05, 3.63) is 65.2 Å². The van der Waals surface area contributed by atoms with E-state index in [1.807, 2.05) is 37.3 Å². The first kappa shape index (κ1) is 19.8. The third-order valence-electron chi connectivity index (χ3n) is 3.89. The molecule has 2 aromatic rings. The molecule has 2 rings (SSSR count). The minimum Gasteiger partial charge on any atom is -0.484 e. The van der Waals surface area contributed by atoms with Gasteiger partial charge in [-0.25, -0.2) is 0 Å². The molecule has 0 bridgehead atoms. The van der Waals surface area contributed by atoms with Crippen LogP contribution in [-0.2, 0) is 16.1 Å². The van der Waals surface area contributed by atoms with Gasteiger partial charge in [-0.15, -0.1) is 0 Å². The number of rotatable bonds is 8. The van der Waals surface area contributed by atoms with E-state index in [4.69, 9.17) is 16.3 Å². The Kier molecular flexibility index (Phi) is 7.48. The van der Waals surface area contributed by atoms with Crippen molar-refractivity contribution in [2.75, 3.05) is 13.2 Å². The third kappa shape index (κ3) is 5.77. The van der Waals surface area contributed by atoms with Crippen molar-refractivity contribution in [2.24, 2.45) is 0 Å². The van der Waals surface area contributed by atoms with Crippen molar-refractivity contribution in [1.29, 1.82) is 0 Å². The van der Waals surface area contributed by atoms with Crippen molar-refractivity contribution >= 4 is 23.4 Å². The van der Waals surface area contributed by atoms with E-state index in [0.29, 0.717) is 23.9 Å². The lowest BCUT2D eigenvalue weighted by atomic mass is 10.1. The topological polar surface area (TPSA) is 58.6 Å². The van der Waals surface area contributed by atoms with Crippen LogP contribution in [0, 0.1) is 0 Å². The quantitative estimate of drug-likeness (QED) is 0.771. The fraction of sp³-hybridized carbons (Fsp3) is 0.300. The average Bonchev–Trinajstić information content (AvgIpc) is 2.66. The molecule has 0 unspecified atom stereocenters. The van der Waals surface area contributed by atoms with Crippen LogP contribution in [0.2, 0.25) is 5.02 Å². The van der Waals surface area contributed by atoms with Gasteiger partial charge in [-0.1, -0.05) is 41.9 Å². The normalized spacial score (nSPS) is 11.5. The maximum Gasteiger partial charge on any atom is 0.261 e. The first-order valence-electron chi connectivity index (χ1n) is 8.50. The Hall–Kier alpha value is -2.53. The molecule has 6 heteroatoms. The summed E-state index contributed by atoms with van der Waals surface area (Å²) in [6, 6.07) is 15.7. The van der Waals surface area contributed by atoms with Crippen LogP contribution >= 0.6 is 11.6 Å². The first-order chi connectivity index (χ1) is 12.5. The van der Waals surface area contributed by atoms with Gasteiger partial charge in [-0.3, -0.25) is 9.59 Å². The molecule has 5 nitrogen and oxygen atoms in total. The van der Waals surface area contributed by atoms with Crippen LogP contribution in [0.5, 0.6) is 5.75 Å². The Morgan fingerprint density at radius 2 is 1.77 bits per heavy atom. The van der Waals surface area contributed by atoms with Gasteiger partial charge in [-0.05, 0) is 43.7 Å². The number of likely N-dealkylation sites (N-methyl/N-ethyl adjacent to an activating group) is 1. The highest BCUT2D eigenvalue weighted by molar-refractivity contribution is 6.30. The van der Waals surface area contributed by atoms with E-state index in [1.54, 1.807) is 31.2 Å². The largest absolute Gasteiger partial charge is 0.484 e. The Morgan fingerprint density at radius 3 is 2.38 bits per heavy atom. The fourth-order valence-electron chi connectivity index (χ4n) is 2.44. The summed E-state index contributed by atoms with van der Waals surface area (Å²) in [7, 11) is 0. The number of hydrogen-bond donors (Lipinski definition) is 1. The molecule has 0 heterocycles. The molecule has 0 fully saturated rings. The lowest BCUT2D eigenvalue weighted by Crippen LogP contribution is -2.49. The first-order valence-corrected chi connectivity index (χ1v) is 8.88. The van der Waals surface area contributed by atoms with Crippen LogP contribution in [0.15, 0.2) is 54.6 Å². The number of hydrogen-bond acceptors (Lipinski definition) is 3. The minimum atomic E-state index is -0.600. The number of carbonyl (C=O) groups excluding carboxylic acids is 2. The summed E-state index contributed by atoms with van der Waals surface area (Å²) in [5.41, 5.74) is 0.948. The van der Waals surface area contributed by atoms with Crippen molar-refractivity contribution in [2.45, 2.75) is 26.4 Å². The van der Waals surface area contributed by atoms with Gasteiger partial charge in [0, 0.05) is 18.1 Å². The van der Waals surface area contributed by atoms with E-state index < -0.39 is 6.04 Å². The summed E-state index contributed by atoms with van der Waals surface area (Å²) in [5.74, 6) is 0.0962. The molecule has 2 amide bonds. The molecule has 0 aliphatic heterocycles. The monoisotopic (exact) mass is 374 g/mol. The van der Waals surface area contributed by atoms with Crippen LogP contribution in [0.4, 0.5) is 0 Å². The van der Waals surface area contributed by atoms with Crippen LogP contribution in [0.25, 0.3) is 0 Å². The molecule has 0 aliphatic carbocycles. The molecule has 2 aromatic carbocycles. The fourth-order valence-corrected chi connectivity index (χ4v) is 2.57. The van der Waals surface area contributed by atoms with Crippen molar-refractivity contribution < 1.29 is 14.3 Å². The van der Waals surface area contributed by atoms with Gasteiger partial charge < -0.3 is 15.0 Å². The van der Waals surface area contributed by atoms with Crippen LogP contribution in [-0.4, -0.2) is 35.9 Å². The Balaban J connectivity index is 2.09.